The molecule has 0 saturated heterocycles. The Hall–Kier alpha value is -0.740. The second kappa shape index (κ2) is 7.50. The van der Waals surface area contributed by atoms with Crippen LogP contribution in [0, 0.1) is 11.8 Å². The first-order valence-corrected chi connectivity index (χ1v) is 9.41. The molecule has 0 aromatic heterocycles. The average molecular weight is 323 g/mol. The second-order valence-corrected chi connectivity index (χ2v) is 7.48. The van der Waals surface area contributed by atoms with Crippen LogP contribution in [0.2, 0.25) is 0 Å². The molecule has 1 fully saturated rings. The van der Waals surface area contributed by atoms with Crippen LogP contribution in [0.15, 0.2) is 23.1 Å². The first kappa shape index (κ1) is 16.6. The highest BCUT2D eigenvalue weighted by molar-refractivity contribution is 7.98. The molecular formula is C17H26N2S2. The number of hydrogen-bond acceptors (Lipinski definition) is 3. The van der Waals surface area contributed by atoms with E-state index >= 15 is 0 Å². The highest BCUT2D eigenvalue weighted by Gasteiger charge is 2.28. The number of nitrogens with one attached hydrogen (secondary N) is 1. The number of hydrogen-bond donors (Lipinski definition) is 2. The van der Waals surface area contributed by atoms with Crippen LogP contribution >= 0.6 is 24.0 Å². The van der Waals surface area contributed by atoms with Crippen molar-refractivity contribution in [3.8, 4) is 0 Å². The van der Waals surface area contributed by atoms with Gasteiger partial charge in [0, 0.05) is 22.2 Å². The van der Waals surface area contributed by atoms with E-state index in [1.165, 1.54) is 25.7 Å². The summed E-state index contributed by atoms with van der Waals surface area (Å²) in [4.78, 5) is 1.64. The molecule has 1 aromatic rings. The van der Waals surface area contributed by atoms with Crippen LogP contribution in [-0.4, -0.2) is 17.3 Å². The van der Waals surface area contributed by atoms with E-state index in [0.29, 0.717) is 16.9 Å². The van der Waals surface area contributed by atoms with E-state index in [1.807, 2.05) is 0 Å². The monoisotopic (exact) mass is 322 g/mol. The van der Waals surface area contributed by atoms with Crippen molar-refractivity contribution in [3.05, 3.63) is 23.8 Å². The standard InChI is InChI=1S/C17H26N2S2/c1-11(2)12-7-4-5-8-13(12)19-14-9-6-10-15(21-3)16(14)17(18)20/h6,9-13,19H,4-5,7-8H2,1-3H3,(H2,18,20). The zero-order chi connectivity index (χ0) is 15.4. The maximum Gasteiger partial charge on any atom is 0.107 e. The summed E-state index contributed by atoms with van der Waals surface area (Å²) in [7, 11) is 0. The first-order valence-electron chi connectivity index (χ1n) is 7.78. The van der Waals surface area contributed by atoms with Gasteiger partial charge < -0.3 is 11.1 Å². The van der Waals surface area contributed by atoms with E-state index < -0.39 is 0 Å². The van der Waals surface area contributed by atoms with E-state index in [-0.39, 0.29) is 0 Å². The van der Waals surface area contributed by atoms with Crippen LogP contribution in [0.1, 0.15) is 45.1 Å². The van der Waals surface area contributed by atoms with Crippen LogP contribution in [0.4, 0.5) is 5.69 Å². The van der Waals surface area contributed by atoms with Gasteiger partial charge in [-0.15, -0.1) is 11.8 Å². The van der Waals surface area contributed by atoms with Gasteiger partial charge in [0.1, 0.15) is 4.99 Å². The fraction of sp³-hybridized carbons (Fsp3) is 0.588. The fourth-order valence-corrected chi connectivity index (χ4v) is 4.34. The van der Waals surface area contributed by atoms with Gasteiger partial charge in [-0.1, -0.05) is 45.0 Å². The molecule has 2 unspecified atom stereocenters. The lowest BCUT2D eigenvalue weighted by atomic mass is 9.77. The number of rotatable bonds is 5. The third-order valence-corrected chi connectivity index (χ3v) is 5.49. The molecular weight excluding hydrogens is 296 g/mol. The molecule has 1 aliphatic rings. The summed E-state index contributed by atoms with van der Waals surface area (Å²) in [5.74, 6) is 1.44. The Morgan fingerprint density at radius 3 is 2.67 bits per heavy atom. The molecule has 21 heavy (non-hydrogen) atoms. The molecule has 2 atom stereocenters. The Labute approximate surface area is 138 Å². The Bertz CT molecular complexity index is 500. The minimum atomic E-state index is 0.486. The first-order chi connectivity index (χ1) is 10.0. The highest BCUT2D eigenvalue weighted by Crippen LogP contribution is 2.34. The third kappa shape index (κ3) is 3.92. The average Bonchev–Trinajstić information content (AvgIpc) is 2.47. The fourth-order valence-electron chi connectivity index (χ4n) is 3.41. The zero-order valence-electron chi connectivity index (χ0n) is 13.2. The van der Waals surface area contributed by atoms with Crippen molar-refractivity contribution in [1.29, 1.82) is 0 Å². The van der Waals surface area contributed by atoms with E-state index in [9.17, 15) is 0 Å². The maximum atomic E-state index is 5.97. The van der Waals surface area contributed by atoms with Gasteiger partial charge in [0.15, 0.2) is 0 Å². The summed E-state index contributed by atoms with van der Waals surface area (Å²) in [5, 5.41) is 3.76. The zero-order valence-corrected chi connectivity index (χ0v) is 14.8. The minimum Gasteiger partial charge on any atom is -0.389 e. The lowest BCUT2D eigenvalue weighted by Crippen LogP contribution is -2.36. The molecule has 0 amide bonds. The number of nitrogens with two attached hydrogens (primary N) is 1. The van der Waals surface area contributed by atoms with Crippen LogP contribution in [0.3, 0.4) is 0 Å². The van der Waals surface area contributed by atoms with Crippen LogP contribution in [-0.2, 0) is 0 Å². The Kier molecular flexibility index (Phi) is 5.94. The van der Waals surface area contributed by atoms with Crippen molar-refractivity contribution >= 4 is 34.7 Å². The predicted octanol–water partition coefficient (Wildman–Crippen LogP) is 4.67. The van der Waals surface area contributed by atoms with Gasteiger partial charge in [-0.25, -0.2) is 0 Å². The van der Waals surface area contributed by atoms with Gasteiger partial charge in [0.25, 0.3) is 0 Å². The molecule has 2 rings (SSSR count). The van der Waals surface area contributed by atoms with Crippen molar-refractivity contribution in [2.45, 2.75) is 50.5 Å². The Morgan fingerprint density at radius 1 is 1.33 bits per heavy atom. The number of anilines is 1. The van der Waals surface area contributed by atoms with E-state index in [4.69, 9.17) is 18.0 Å². The van der Waals surface area contributed by atoms with Crippen LogP contribution in [0.25, 0.3) is 0 Å². The highest BCUT2D eigenvalue weighted by atomic mass is 32.2. The SMILES string of the molecule is CSc1cccc(NC2CCCCC2C(C)C)c1C(N)=S. The number of thioether (sulfide) groups is 1. The van der Waals surface area contributed by atoms with Crippen LogP contribution in [0.5, 0.6) is 0 Å². The van der Waals surface area contributed by atoms with Gasteiger partial charge in [0.2, 0.25) is 0 Å². The lowest BCUT2D eigenvalue weighted by molar-refractivity contribution is 0.254. The molecule has 3 N–H and O–H groups in total. The van der Waals surface area contributed by atoms with Crippen LogP contribution < -0.4 is 11.1 Å². The molecule has 0 radical (unpaired) electrons. The quantitative estimate of drug-likeness (QED) is 0.610. The summed E-state index contributed by atoms with van der Waals surface area (Å²) >= 11 is 6.98. The molecule has 2 nitrogen and oxygen atoms in total. The van der Waals surface area contributed by atoms with Gasteiger partial charge in [-0.3, -0.25) is 0 Å². The number of thiocarbonyl (C=S) groups is 1. The largest absolute Gasteiger partial charge is 0.389 e. The Balaban J connectivity index is 2.27. The van der Waals surface area contributed by atoms with E-state index in [1.54, 1.807) is 11.8 Å². The molecule has 0 bridgehead atoms. The van der Waals surface area contributed by atoms with Crippen molar-refractivity contribution in [3.63, 3.8) is 0 Å². The van der Waals surface area contributed by atoms with Crippen molar-refractivity contribution < 1.29 is 0 Å². The maximum absolute atomic E-state index is 5.97. The normalized spacial score (nSPS) is 22.3. The van der Waals surface area contributed by atoms with Gasteiger partial charge in [-0.05, 0) is 43.1 Å². The summed E-state index contributed by atoms with van der Waals surface area (Å²) in [6.07, 6.45) is 7.29. The molecule has 4 heteroatoms. The summed E-state index contributed by atoms with van der Waals surface area (Å²) in [5.41, 5.74) is 8.08. The summed E-state index contributed by atoms with van der Waals surface area (Å²) in [6, 6.07) is 6.82. The number of benzene rings is 1. The second-order valence-electron chi connectivity index (χ2n) is 6.19. The molecule has 1 aromatic carbocycles. The topological polar surface area (TPSA) is 38.0 Å². The lowest BCUT2D eigenvalue weighted by Gasteiger charge is -2.36. The third-order valence-electron chi connectivity index (χ3n) is 4.51. The Morgan fingerprint density at radius 2 is 2.05 bits per heavy atom. The van der Waals surface area contributed by atoms with Crippen molar-refractivity contribution in [2.24, 2.45) is 17.6 Å². The molecule has 1 aliphatic carbocycles. The predicted molar refractivity (Wildman–Crippen MR) is 98.3 cm³/mol. The molecule has 0 spiro atoms. The molecule has 0 heterocycles. The van der Waals surface area contributed by atoms with Gasteiger partial charge >= 0.3 is 0 Å². The smallest absolute Gasteiger partial charge is 0.107 e. The minimum absolute atomic E-state index is 0.486. The van der Waals surface area contributed by atoms with Crippen molar-refractivity contribution in [2.75, 3.05) is 11.6 Å². The van der Waals surface area contributed by atoms with Gasteiger partial charge in [0.05, 0.1) is 0 Å². The molecule has 0 aliphatic heterocycles. The van der Waals surface area contributed by atoms with E-state index in [0.717, 1.165) is 22.1 Å². The summed E-state index contributed by atoms with van der Waals surface area (Å²) < 4.78 is 0. The van der Waals surface area contributed by atoms with Gasteiger partial charge in [-0.2, -0.15) is 0 Å². The molecule has 116 valence electrons. The van der Waals surface area contributed by atoms with E-state index in [2.05, 4.69) is 43.6 Å². The van der Waals surface area contributed by atoms with Crippen molar-refractivity contribution in [1.82, 2.24) is 0 Å². The summed E-state index contributed by atoms with van der Waals surface area (Å²) in [6.45, 7) is 4.66. The molecule has 1 saturated carbocycles.